The molecule has 0 aromatic heterocycles. The van der Waals surface area contributed by atoms with Gasteiger partial charge in [0.2, 0.25) is 5.91 Å². The molecule has 0 aliphatic heterocycles. The van der Waals surface area contributed by atoms with Crippen molar-refractivity contribution in [1.82, 2.24) is 10.6 Å². The molecule has 24 heavy (non-hydrogen) atoms. The van der Waals surface area contributed by atoms with E-state index in [2.05, 4.69) is 10.6 Å². The lowest BCUT2D eigenvalue weighted by Gasteiger charge is -2.23. The largest absolute Gasteiger partial charge is 0.444 e. The number of hydrogen-bond donors (Lipinski definition) is 2. The molecule has 6 heteroatoms. The van der Waals surface area contributed by atoms with Gasteiger partial charge in [-0.1, -0.05) is 30.3 Å². The van der Waals surface area contributed by atoms with Crippen molar-refractivity contribution in [2.24, 2.45) is 0 Å². The third kappa shape index (κ3) is 8.53. The van der Waals surface area contributed by atoms with Crippen molar-refractivity contribution >= 4 is 12.0 Å². The Bertz CT molecular complexity index is 512. The Balaban J connectivity index is 2.56. The standard InChI is InChI=1S/C18H28N2O4/c1-18(2,3)24-17(22)20-15(16(21)19-13-23-4)12-8-11-14-9-6-5-7-10-14/h5-7,9-10,15H,8,11-13H2,1-4H3,(H,19,21)(H,20,22)/t15-/m0/s1. The van der Waals surface area contributed by atoms with Crippen LogP contribution in [-0.4, -0.2) is 37.5 Å². The molecular formula is C18H28N2O4. The van der Waals surface area contributed by atoms with Gasteiger partial charge in [0, 0.05) is 7.11 Å². The predicted molar refractivity (Wildman–Crippen MR) is 92.6 cm³/mol. The average molecular weight is 336 g/mol. The summed E-state index contributed by atoms with van der Waals surface area (Å²) in [4.78, 5) is 24.1. The smallest absolute Gasteiger partial charge is 0.408 e. The normalized spacial score (nSPS) is 12.3. The number of amides is 2. The van der Waals surface area contributed by atoms with Crippen molar-refractivity contribution in [2.45, 2.75) is 51.7 Å². The number of aryl methyl sites for hydroxylation is 1. The summed E-state index contributed by atoms with van der Waals surface area (Å²) in [5.74, 6) is -0.282. The van der Waals surface area contributed by atoms with Crippen molar-refractivity contribution in [3.8, 4) is 0 Å². The quantitative estimate of drug-likeness (QED) is 0.716. The van der Waals surface area contributed by atoms with E-state index in [4.69, 9.17) is 9.47 Å². The van der Waals surface area contributed by atoms with Crippen LogP contribution < -0.4 is 10.6 Å². The molecule has 0 aliphatic rings. The molecule has 2 amide bonds. The van der Waals surface area contributed by atoms with Gasteiger partial charge in [-0.15, -0.1) is 0 Å². The minimum Gasteiger partial charge on any atom is -0.444 e. The van der Waals surface area contributed by atoms with Gasteiger partial charge >= 0.3 is 6.09 Å². The molecule has 0 spiro atoms. The van der Waals surface area contributed by atoms with Crippen LogP contribution in [0.25, 0.3) is 0 Å². The molecule has 0 unspecified atom stereocenters. The molecule has 1 aromatic carbocycles. The number of alkyl carbamates (subject to hydrolysis) is 1. The predicted octanol–water partition coefficient (Wildman–Crippen LogP) is 2.62. The van der Waals surface area contributed by atoms with Crippen LogP contribution in [0.3, 0.4) is 0 Å². The third-order valence-corrected chi connectivity index (χ3v) is 3.20. The number of carbonyl (C=O) groups is 2. The second-order valence-corrected chi connectivity index (χ2v) is 6.55. The molecule has 0 saturated carbocycles. The fourth-order valence-corrected chi connectivity index (χ4v) is 2.14. The lowest BCUT2D eigenvalue weighted by molar-refractivity contribution is -0.124. The molecule has 134 valence electrons. The second-order valence-electron chi connectivity index (χ2n) is 6.55. The summed E-state index contributed by atoms with van der Waals surface area (Å²) in [5.41, 5.74) is 0.590. The van der Waals surface area contributed by atoms with Gasteiger partial charge < -0.3 is 20.1 Å². The summed E-state index contributed by atoms with van der Waals surface area (Å²) >= 11 is 0. The average Bonchev–Trinajstić information content (AvgIpc) is 2.51. The summed E-state index contributed by atoms with van der Waals surface area (Å²) < 4.78 is 10.1. The molecule has 0 fully saturated rings. The number of ether oxygens (including phenoxy) is 2. The van der Waals surface area contributed by atoms with Crippen LogP contribution in [-0.2, 0) is 20.7 Å². The highest BCUT2D eigenvalue weighted by atomic mass is 16.6. The van der Waals surface area contributed by atoms with Crippen molar-refractivity contribution in [2.75, 3.05) is 13.8 Å². The third-order valence-electron chi connectivity index (χ3n) is 3.20. The molecular weight excluding hydrogens is 308 g/mol. The van der Waals surface area contributed by atoms with E-state index in [1.807, 2.05) is 30.3 Å². The molecule has 0 heterocycles. The molecule has 6 nitrogen and oxygen atoms in total. The van der Waals surface area contributed by atoms with Crippen LogP contribution >= 0.6 is 0 Å². The minimum absolute atomic E-state index is 0.101. The van der Waals surface area contributed by atoms with Gasteiger partial charge in [0.05, 0.1) is 0 Å². The Kier molecular flexibility index (Phi) is 8.26. The second kappa shape index (κ2) is 9.93. The maximum absolute atomic E-state index is 12.2. The molecule has 0 saturated heterocycles. The Morgan fingerprint density at radius 1 is 1.17 bits per heavy atom. The number of benzene rings is 1. The lowest BCUT2D eigenvalue weighted by Crippen LogP contribution is -2.48. The first kappa shape index (κ1) is 20.0. The van der Waals surface area contributed by atoms with Gasteiger partial charge in [-0.3, -0.25) is 4.79 Å². The molecule has 1 rings (SSSR count). The van der Waals surface area contributed by atoms with E-state index < -0.39 is 17.7 Å². The fourth-order valence-electron chi connectivity index (χ4n) is 2.14. The summed E-state index contributed by atoms with van der Waals surface area (Å²) in [6.07, 6.45) is 1.53. The topological polar surface area (TPSA) is 76.7 Å². The van der Waals surface area contributed by atoms with E-state index in [9.17, 15) is 9.59 Å². The highest BCUT2D eigenvalue weighted by Crippen LogP contribution is 2.10. The number of methoxy groups -OCH3 is 1. The Hall–Kier alpha value is -2.08. The highest BCUT2D eigenvalue weighted by Gasteiger charge is 2.23. The highest BCUT2D eigenvalue weighted by molar-refractivity contribution is 5.85. The van der Waals surface area contributed by atoms with Gasteiger partial charge in [-0.05, 0) is 45.6 Å². The first-order chi connectivity index (χ1) is 11.3. The van der Waals surface area contributed by atoms with E-state index in [-0.39, 0.29) is 12.6 Å². The SMILES string of the molecule is COCNC(=O)[C@H](CCCc1ccccc1)NC(=O)OC(C)(C)C. The first-order valence-corrected chi connectivity index (χ1v) is 8.12. The van der Waals surface area contributed by atoms with Crippen molar-refractivity contribution in [3.05, 3.63) is 35.9 Å². The van der Waals surface area contributed by atoms with E-state index in [1.54, 1.807) is 20.8 Å². The van der Waals surface area contributed by atoms with Crippen LogP contribution in [0.2, 0.25) is 0 Å². The van der Waals surface area contributed by atoms with E-state index in [1.165, 1.54) is 12.7 Å². The molecule has 0 bridgehead atoms. The maximum Gasteiger partial charge on any atom is 0.408 e. The van der Waals surface area contributed by atoms with Crippen molar-refractivity contribution in [3.63, 3.8) is 0 Å². The number of hydrogen-bond acceptors (Lipinski definition) is 4. The number of carbonyl (C=O) groups excluding carboxylic acids is 2. The fraction of sp³-hybridized carbons (Fsp3) is 0.556. The molecule has 1 atom stereocenters. The van der Waals surface area contributed by atoms with Crippen LogP contribution in [0.15, 0.2) is 30.3 Å². The zero-order valence-corrected chi connectivity index (χ0v) is 14.9. The van der Waals surface area contributed by atoms with Gasteiger partial charge in [0.1, 0.15) is 18.4 Å². The van der Waals surface area contributed by atoms with Gasteiger partial charge in [-0.25, -0.2) is 4.79 Å². The van der Waals surface area contributed by atoms with Crippen LogP contribution in [0.5, 0.6) is 0 Å². The lowest BCUT2D eigenvalue weighted by atomic mass is 10.0. The molecule has 0 aliphatic carbocycles. The van der Waals surface area contributed by atoms with Gasteiger partial charge in [0.25, 0.3) is 0 Å². The Morgan fingerprint density at radius 3 is 2.42 bits per heavy atom. The summed E-state index contributed by atoms with van der Waals surface area (Å²) in [6, 6.07) is 9.37. The molecule has 0 radical (unpaired) electrons. The van der Waals surface area contributed by atoms with Crippen molar-refractivity contribution in [1.29, 1.82) is 0 Å². The summed E-state index contributed by atoms with van der Waals surface area (Å²) in [6.45, 7) is 5.44. The molecule has 1 aromatic rings. The summed E-state index contributed by atoms with van der Waals surface area (Å²) in [7, 11) is 1.49. The summed E-state index contributed by atoms with van der Waals surface area (Å²) in [5, 5.41) is 5.26. The van der Waals surface area contributed by atoms with Crippen LogP contribution in [0.4, 0.5) is 4.79 Å². The minimum atomic E-state index is -0.654. The zero-order chi connectivity index (χ0) is 18.0. The van der Waals surface area contributed by atoms with E-state index in [0.29, 0.717) is 6.42 Å². The van der Waals surface area contributed by atoms with Crippen LogP contribution in [0.1, 0.15) is 39.2 Å². The van der Waals surface area contributed by atoms with E-state index >= 15 is 0 Å². The Labute approximate surface area is 143 Å². The van der Waals surface area contributed by atoms with Gasteiger partial charge in [-0.2, -0.15) is 0 Å². The number of nitrogens with one attached hydrogen (secondary N) is 2. The molecule has 2 N–H and O–H groups in total. The first-order valence-electron chi connectivity index (χ1n) is 8.12. The monoisotopic (exact) mass is 336 g/mol. The Morgan fingerprint density at radius 2 is 1.83 bits per heavy atom. The van der Waals surface area contributed by atoms with Crippen molar-refractivity contribution < 1.29 is 19.1 Å². The van der Waals surface area contributed by atoms with E-state index in [0.717, 1.165) is 12.8 Å². The van der Waals surface area contributed by atoms with Crippen LogP contribution in [0, 0.1) is 0 Å². The maximum atomic E-state index is 12.2. The zero-order valence-electron chi connectivity index (χ0n) is 14.9. The van der Waals surface area contributed by atoms with Gasteiger partial charge in [0.15, 0.2) is 0 Å². The number of rotatable bonds is 8.